The molecule has 0 saturated heterocycles. The number of hydrogen-bond donors (Lipinski definition) is 0. The molecule has 0 bridgehead atoms. The number of furan rings is 1. The molecule has 0 atom stereocenters. The van der Waals surface area contributed by atoms with Crippen LogP contribution >= 0.6 is 0 Å². The maximum atomic E-state index is 10.00. The molecule has 0 saturated carbocycles. The van der Waals surface area contributed by atoms with Crippen LogP contribution in [0.1, 0.15) is 36.1 Å². The summed E-state index contributed by atoms with van der Waals surface area (Å²) < 4.78 is 8.81. The Morgan fingerprint density at radius 3 is 2.16 bits per heavy atom. The Labute approximate surface area is 259 Å². The molecule has 2 heterocycles. The third-order valence-electron chi connectivity index (χ3n) is 9.66. The molecule has 8 aromatic rings. The summed E-state index contributed by atoms with van der Waals surface area (Å²) >= 11 is 0. The lowest BCUT2D eigenvalue weighted by Gasteiger charge is -2.21. The van der Waals surface area contributed by atoms with Crippen LogP contribution in [0.4, 0.5) is 0 Å². The number of rotatable bonds is 2. The molecule has 4 heteroatoms. The van der Waals surface area contributed by atoms with Crippen molar-refractivity contribution < 1.29 is 4.42 Å². The van der Waals surface area contributed by atoms with Gasteiger partial charge in [0, 0.05) is 32.5 Å². The second-order valence-corrected chi connectivity index (χ2v) is 12.4. The lowest BCUT2D eigenvalue weighted by atomic mass is 9.82. The highest BCUT2D eigenvalue weighted by Gasteiger charge is 2.36. The number of para-hydroxylation sites is 1. The Kier molecular flexibility index (Phi) is 5.06. The summed E-state index contributed by atoms with van der Waals surface area (Å²) in [7, 11) is 0. The standard InChI is InChI=1S/C41H25N3O/c1-41(2)33-11-5-3-8-26(33)30-20-32-39(21-34(30)41)45-38-13-7-10-29(40(32)38)28-16-14-25(23-43)19-37(28)44-35-12-6-4-9-27(35)31-18-24(22-42)15-17-36(31)44/h3-21H,1-2H3. The average Bonchev–Trinajstić information content (AvgIpc) is 3.69. The predicted octanol–water partition coefficient (Wildman–Crippen LogP) is 10.4. The van der Waals surface area contributed by atoms with E-state index in [2.05, 4.69) is 91.2 Å². The first-order valence-corrected chi connectivity index (χ1v) is 15.1. The van der Waals surface area contributed by atoms with Crippen molar-refractivity contribution in [1.82, 2.24) is 4.57 Å². The fourth-order valence-corrected chi connectivity index (χ4v) is 7.56. The van der Waals surface area contributed by atoms with E-state index < -0.39 is 0 Å². The molecule has 1 aliphatic carbocycles. The molecule has 0 N–H and O–H groups in total. The minimum Gasteiger partial charge on any atom is -0.456 e. The first-order chi connectivity index (χ1) is 22.0. The molecule has 0 aliphatic heterocycles. The van der Waals surface area contributed by atoms with Crippen molar-refractivity contribution in [1.29, 1.82) is 10.5 Å². The van der Waals surface area contributed by atoms with E-state index in [0.29, 0.717) is 11.1 Å². The van der Waals surface area contributed by atoms with Crippen molar-refractivity contribution in [3.8, 4) is 40.1 Å². The summed E-state index contributed by atoms with van der Waals surface area (Å²) in [5, 5.41) is 23.8. The molecule has 210 valence electrons. The first kappa shape index (κ1) is 25.4. The molecule has 4 nitrogen and oxygen atoms in total. The molecule has 1 aliphatic rings. The van der Waals surface area contributed by atoms with Crippen molar-refractivity contribution in [3.63, 3.8) is 0 Å². The smallest absolute Gasteiger partial charge is 0.136 e. The van der Waals surface area contributed by atoms with Gasteiger partial charge in [-0.25, -0.2) is 0 Å². The molecule has 45 heavy (non-hydrogen) atoms. The van der Waals surface area contributed by atoms with Gasteiger partial charge in [-0.1, -0.05) is 74.5 Å². The van der Waals surface area contributed by atoms with E-state index in [4.69, 9.17) is 4.42 Å². The molecule has 0 spiro atoms. The second kappa shape index (κ2) is 8.96. The Balaban J connectivity index is 1.38. The van der Waals surface area contributed by atoms with Gasteiger partial charge >= 0.3 is 0 Å². The number of fused-ring (bicyclic) bond motifs is 9. The SMILES string of the molecule is CC1(C)c2ccccc2-c2cc3c(cc21)oc1cccc(-c2ccc(C#N)cc2-n2c4ccccc4c4cc(C#N)ccc42)c13. The van der Waals surface area contributed by atoms with Crippen LogP contribution in [-0.2, 0) is 5.41 Å². The van der Waals surface area contributed by atoms with Crippen molar-refractivity contribution in [2.45, 2.75) is 19.3 Å². The summed E-state index contributed by atoms with van der Waals surface area (Å²) in [6, 6.07) is 44.0. The van der Waals surface area contributed by atoms with Gasteiger partial charge in [0.2, 0.25) is 0 Å². The van der Waals surface area contributed by atoms with Gasteiger partial charge in [-0.2, -0.15) is 10.5 Å². The van der Waals surface area contributed by atoms with Crippen LogP contribution in [0.2, 0.25) is 0 Å². The Morgan fingerprint density at radius 2 is 1.29 bits per heavy atom. The van der Waals surface area contributed by atoms with Gasteiger partial charge in [0.25, 0.3) is 0 Å². The number of nitriles is 2. The van der Waals surface area contributed by atoms with E-state index >= 15 is 0 Å². The number of hydrogen-bond acceptors (Lipinski definition) is 3. The third-order valence-corrected chi connectivity index (χ3v) is 9.66. The van der Waals surface area contributed by atoms with Crippen LogP contribution < -0.4 is 0 Å². The van der Waals surface area contributed by atoms with E-state index in [1.165, 1.54) is 22.3 Å². The third kappa shape index (κ3) is 3.40. The van der Waals surface area contributed by atoms with Crippen LogP contribution in [0, 0.1) is 22.7 Å². The van der Waals surface area contributed by atoms with Gasteiger partial charge in [0.05, 0.1) is 40.0 Å². The van der Waals surface area contributed by atoms with Gasteiger partial charge in [-0.15, -0.1) is 0 Å². The monoisotopic (exact) mass is 575 g/mol. The van der Waals surface area contributed by atoms with Crippen molar-refractivity contribution in [3.05, 3.63) is 138 Å². The number of nitrogens with zero attached hydrogens (tertiary/aromatic N) is 3. The van der Waals surface area contributed by atoms with E-state index in [1.54, 1.807) is 0 Å². The first-order valence-electron chi connectivity index (χ1n) is 15.1. The highest BCUT2D eigenvalue weighted by atomic mass is 16.3. The fourth-order valence-electron chi connectivity index (χ4n) is 7.56. The Hall–Kier alpha value is -6.10. The van der Waals surface area contributed by atoms with Gasteiger partial charge in [-0.05, 0) is 82.4 Å². The molecular weight excluding hydrogens is 550 g/mol. The zero-order chi connectivity index (χ0) is 30.4. The van der Waals surface area contributed by atoms with Crippen molar-refractivity contribution in [2.75, 3.05) is 0 Å². The molecule has 2 aromatic heterocycles. The van der Waals surface area contributed by atoms with Crippen LogP contribution in [0.25, 0.3) is 71.7 Å². The Bertz CT molecular complexity index is 2650. The highest BCUT2D eigenvalue weighted by Crippen LogP contribution is 2.51. The molecule has 6 aromatic carbocycles. The summed E-state index contributed by atoms with van der Waals surface area (Å²) in [6.45, 7) is 4.57. The van der Waals surface area contributed by atoms with Gasteiger partial charge in [0.15, 0.2) is 0 Å². The van der Waals surface area contributed by atoms with Gasteiger partial charge in [0.1, 0.15) is 11.2 Å². The fraction of sp³-hybridized carbons (Fsp3) is 0.0732. The summed E-state index contributed by atoms with van der Waals surface area (Å²) in [6.07, 6.45) is 0. The molecule has 9 rings (SSSR count). The maximum Gasteiger partial charge on any atom is 0.136 e. The largest absolute Gasteiger partial charge is 0.456 e. The molecule has 0 radical (unpaired) electrons. The lowest BCUT2D eigenvalue weighted by Crippen LogP contribution is -2.14. The predicted molar refractivity (Wildman–Crippen MR) is 180 cm³/mol. The van der Waals surface area contributed by atoms with E-state index in [1.807, 2.05) is 54.6 Å². The van der Waals surface area contributed by atoms with E-state index in [0.717, 1.165) is 60.6 Å². The normalized spacial score (nSPS) is 13.2. The summed E-state index contributed by atoms with van der Waals surface area (Å²) in [5.74, 6) is 0. The molecule has 0 amide bonds. The number of aromatic nitrogens is 1. The molecule has 0 unspecified atom stereocenters. The van der Waals surface area contributed by atoms with Gasteiger partial charge < -0.3 is 8.98 Å². The molecule has 0 fully saturated rings. The van der Waals surface area contributed by atoms with E-state index in [-0.39, 0.29) is 5.41 Å². The topological polar surface area (TPSA) is 65.7 Å². The molecular formula is C41H25N3O. The van der Waals surface area contributed by atoms with Crippen LogP contribution in [-0.4, -0.2) is 4.57 Å². The zero-order valence-corrected chi connectivity index (χ0v) is 24.7. The van der Waals surface area contributed by atoms with Crippen LogP contribution in [0.3, 0.4) is 0 Å². The van der Waals surface area contributed by atoms with Crippen LogP contribution in [0.5, 0.6) is 0 Å². The zero-order valence-electron chi connectivity index (χ0n) is 24.7. The van der Waals surface area contributed by atoms with Crippen molar-refractivity contribution >= 4 is 43.7 Å². The van der Waals surface area contributed by atoms with Gasteiger partial charge in [-0.3, -0.25) is 0 Å². The summed E-state index contributed by atoms with van der Waals surface area (Å²) in [5.41, 5.74) is 12.8. The lowest BCUT2D eigenvalue weighted by molar-refractivity contribution is 0.647. The Morgan fingerprint density at radius 1 is 0.556 bits per heavy atom. The van der Waals surface area contributed by atoms with E-state index in [9.17, 15) is 10.5 Å². The highest BCUT2D eigenvalue weighted by molar-refractivity contribution is 6.16. The number of benzene rings is 6. The minimum absolute atomic E-state index is 0.121. The van der Waals surface area contributed by atoms with Crippen LogP contribution in [0.15, 0.2) is 120 Å². The second-order valence-electron chi connectivity index (χ2n) is 12.4. The van der Waals surface area contributed by atoms with Crippen molar-refractivity contribution in [2.24, 2.45) is 0 Å². The average molecular weight is 576 g/mol. The quantitative estimate of drug-likeness (QED) is 0.206. The maximum absolute atomic E-state index is 10.00. The summed E-state index contributed by atoms with van der Waals surface area (Å²) in [4.78, 5) is 0. The minimum atomic E-state index is -0.121.